The zero-order valence-electron chi connectivity index (χ0n) is 7.54. The van der Waals surface area contributed by atoms with E-state index >= 15 is 0 Å². The van der Waals surface area contributed by atoms with Crippen LogP contribution in [-0.2, 0) is 0 Å². The van der Waals surface area contributed by atoms with Crippen molar-refractivity contribution in [1.29, 1.82) is 0 Å². The quantitative estimate of drug-likeness (QED) is 0.658. The molecule has 2 rings (SSSR count). The van der Waals surface area contributed by atoms with Crippen LogP contribution in [0.25, 0.3) is 0 Å². The van der Waals surface area contributed by atoms with Crippen molar-refractivity contribution in [3.8, 4) is 0 Å². The van der Waals surface area contributed by atoms with Gasteiger partial charge in [-0.25, -0.2) is 9.37 Å². The Balaban J connectivity index is 2.18. The van der Waals surface area contributed by atoms with E-state index in [-0.39, 0.29) is 5.82 Å². The molecule has 0 amide bonds. The number of hydrogen-bond acceptors (Lipinski definition) is 2. The molecule has 0 saturated carbocycles. The van der Waals surface area contributed by atoms with Gasteiger partial charge in [-0.05, 0) is 31.4 Å². The van der Waals surface area contributed by atoms with Gasteiger partial charge in [0.2, 0.25) is 0 Å². The van der Waals surface area contributed by atoms with E-state index in [1.54, 1.807) is 12.3 Å². The van der Waals surface area contributed by atoms with Gasteiger partial charge in [0.05, 0.1) is 0 Å². The number of nitrogens with zero attached hydrogens (tertiary/aromatic N) is 2. The number of anilines is 1. The van der Waals surface area contributed by atoms with Crippen molar-refractivity contribution < 1.29 is 4.39 Å². The van der Waals surface area contributed by atoms with Gasteiger partial charge in [-0.3, -0.25) is 0 Å². The van der Waals surface area contributed by atoms with Gasteiger partial charge in [-0.1, -0.05) is 0 Å². The molecular weight excluding hydrogens is 167 g/mol. The molecule has 1 aliphatic rings. The van der Waals surface area contributed by atoms with E-state index in [9.17, 15) is 4.39 Å². The molecule has 1 fully saturated rings. The Morgan fingerprint density at radius 2 is 2.00 bits per heavy atom. The lowest BCUT2D eigenvalue weighted by atomic mass is 10.1. The van der Waals surface area contributed by atoms with Crippen molar-refractivity contribution in [1.82, 2.24) is 4.98 Å². The highest BCUT2D eigenvalue weighted by molar-refractivity contribution is 5.39. The van der Waals surface area contributed by atoms with Crippen LogP contribution < -0.4 is 4.90 Å². The van der Waals surface area contributed by atoms with Gasteiger partial charge in [0, 0.05) is 19.3 Å². The summed E-state index contributed by atoms with van der Waals surface area (Å²) in [6.45, 7) is 1.88. The molecule has 0 aliphatic carbocycles. The van der Waals surface area contributed by atoms with Crippen molar-refractivity contribution in [2.75, 3.05) is 18.0 Å². The summed E-state index contributed by atoms with van der Waals surface area (Å²) in [7, 11) is 0. The summed E-state index contributed by atoms with van der Waals surface area (Å²) in [4.78, 5) is 6.08. The molecule has 3 heteroatoms. The summed E-state index contributed by atoms with van der Waals surface area (Å²) in [5.41, 5.74) is 0. The topological polar surface area (TPSA) is 16.1 Å². The van der Waals surface area contributed by atoms with Crippen LogP contribution in [0.5, 0.6) is 0 Å². The molecule has 1 saturated heterocycles. The van der Waals surface area contributed by atoms with E-state index in [4.69, 9.17) is 0 Å². The zero-order chi connectivity index (χ0) is 9.10. The predicted molar refractivity (Wildman–Crippen MR) is 50.3 cm³/mol. The molecule has 2 nitrogen and oxygen atoms in total. The average molecular weight is 180 g/mol. The lowest BCUT2D eigenvalue weighted by Crippen LogP contribution is -2.30. The molecular formula is C10H13FN2. The Morgan fingerprint density at radius 1 is 1.23 bits per heavy atom. The molecule has 0 aromatic carbocycles. The molecule has 0 bridgehead atoms. The summed E-state index contributed by atoms with van der Waals surface area (Å²) < 4.78 is 13.3. The third kappa shape index (κ3) is 1.79. The fourth-order valence-corrected chi connectivity index (χ4v) is 1.72. The minimum absolute atomic E-state index is 0.204. The lowest BCUT2D eigenvalue weighted by Gasteiger charge is -2.27. The van der Waals surface area contributed by atoms with Crippen LogP contribution in [0.2, 0.25) is 0 Å². The molecule has 13 heavy (non-hydrogen) atoms. The molecule has 0 spiro atoms. The largest absolute Gasteiger partial charge is 0.354 e. The zero-order valence-corrected chi connectivity index (χ0v) is 7.54. The van der Waals surface area contributed by atoms with E-state index in [0.717, 1.165) is 25.9 Å². The maximum absolute atomic E-state index is 13.3. The van der Waals surface area contributed by atoms with Crippen molar-refractivity contribution in [3.63, 3.8) is 0 Å². The van der Waals surface area contributed by atoms with Gasteiger partial charge < -0.3 is 4.90 Å². The minimum Gasteiger partial charge on any atom is -0.354 e. The maximum atomic E-state index is 13.3. The number of pyridine rings is 1. The van der Waals surface area contributed by atoms with Crippen LogP contribution in [0, 0.1) is 5.82 Å². The molecule has 0 radical (unpaired) electrons. The molecule has 1 aromatic rings. The smallest absolute Gasteiger partial charge is 0.165 e. The molecule has 1 aliphatic heterocycles. The summed E-state index contributed by atoms with van der Waals surface area (Å²) in [6.07, 6.45) is 5.20. The van der Waals surface area contributed by atoms with Crippen LogP contribution in [0.1, 0.15) is 19.3 Å². The summed E-state index contributed by atoms with van der Waals surface area (Å²) in [5, 5.41) is 0. The second-order valence-electron chi connectivity index (χ2n) is 3.36. The van der Waals surface area contributed by atoms with Gasteiger partial charge >= 0.3 is 0 Å². The van der Waals surface area contributed by atoms with E-state index in [2.05, 4.69) is 4.98 Å². The second kappa shape index (κ2) is 3.73. The van der Waals surface area contributed by atoms with Crippen molar-refractivity contribution >= 4 is 5.82 Å². The van der Waals surface area contributed by atoms with Crippen LogP contribution in [-0.4, -0.2) is 18.1 Å². The molecule has 0 unspecified atom stereocenters. The van der Waals surface area contributed by atoms with Gasteiger partial charge in [-0.15, -0.1) is 0 Å². The Labute approximate surface area is 77.4 Å². The highest BCUT2D eigenvalue weighted by Gasteiger charge is 2.14. The van der Waals surface area contributed by atoms with Crippen LogP contribution >= 0.6 is 0 Å². The normalized spacial score (nSPS) is 17.5. The molecule has 0 atom stereocenters. The van der Waals surface area contributed by atoms with Crippen LogP contribution in [0.3, 0.4) is 0 Å². The van der Waals surface area contributed by atoms with Crippen molar-refractivity contribution in [2.24, 2.45) is 0 Å². The Bertz CT molecular complexity index is 282. The van der Waals surface area contributed by atoms with Crippen LogP contribution in [0.15, 0.2) is 18.3 Å². The molecule has 2 heterocycles. The SMILES string of the molecule is Fc1cccnc1N1CCCCC1. The first-order valence-electron chi connectivity index (χ1n) is 4.73. The molecule has 0 N–H and O–H groups in total. The minimum atomic E-state index is -0.204. The highest BCUT2D eigenvalue weighted by atomic mass is 19.1. The average Bonchev–Trinajstić information content (AvgIpc) is 2.20. The lowest BCUT2D eigenvalue weighted by molar-refractivity contribution is 0.549. The second-order valence-corrected chi connectivity index (χ2v) is 3.36. The fourth-order valence-electron chi connectivity index (χ4n) is 1.72. The molecule has 70 valence electrons. The van der Waals surface area contributed by atoms with Gasteiger partial charge in [0.1, 0.15) is 0 Å². The fraction of sp³-hybridized carbons (Fsp3) is 0.500. The Kier molecular flexibility index (Phi) is 2.43. The van der Waals surface area contributed by atoms with Crippen molar-refractivity contribution in [3.05, 3.63) is 24.1 Å². The Hall–Kier alpha value is -1.12. The van der Waals surface area contributed by atoms with E-state index in [1.165, 1.54) is 12.5 Å². The van der Waals surface area contributed by atoms with Gasteiger partial charge in [0.15, 0.2) is 11.6 Å². The monoisotopic (exact) mass is 180 g/mol. The number of rotatable bonds is 1. The number of aromatic nitrogens is 1. The third-order valence-corrected chi connectivity index (χ3v) is 2.39. The Morgan fingerprint density at radius 3 is 2.69 bits per heavy atom. The van der Waals surface area contributed by atoms with Gasteiger partial charge in [-0.2, -0.15) is 0 Å². The first kappa shape index (κ1) is 8.48. The van der Waals surface area contributed by atoms with E-state index < -0.39 is 0 Å². The van der Waals surface area contributed by atoms with Crippen LogP contribution in [0.4, 0.5) is 10.2 Å². The summed E-state index contributed by atoms with van der Waals surface area (Å²) >= 11 is 0. The predicted octanol–water partition coefficient (Wildman–Crippen LogP) is 2.21. The number of hydrogen-bond donors (Lipinski definition) is 0. The maximum Gasteiger partial charge on any atom is 0.165 e. The number of halogens is 1. The standard InChI is InChI=1S/C10H13FN2/c11-9-5-4-6-12-10(9)13-7-2-1-3-8-13/h4-6H,1-3,7-8H2. The summed E-state index contributed by atoms with van der Waals surface area (Å²) in [6, 6.07) is 3.10. The highest BCUT2D eigenvalue weighted by Crippen LogP contribution is 2.19. The first-order valence-corrected chi connectivity index (χ1v) is 4.73. The van der Waals surface area contributed by atoms with E-state index in [0.29, 0.717) is 5.82 Å². The first-order chi connectivity index (χ1) is 6.38. The van der Waals surface area contributed by atoms with E-state index in [1.807, 2.05) is 4.90 Å². The summed E-state index contributed by atoms with van der Waals surface area (Å²) in [5.74, 6) is 0.312. The third-order valence-electron chi connectivity index (χ3n) is 2.39. The molecule has 1 aromatic heterocycles. The number of piperidine rings is 1. The van der Waals surface area contributed by atoms with Gasteiger partial charge in [0.25, 0.3) is 0 Å². The van der Waals surface area contributed by atoms with Crippen molar-refractivity contribution in [2.45, 2.75) is 19.3 Å².